The summed E-state index contributed by atoms with van der Waals surface area (Å²) in [5.74, 6) is 0.888. The number of carbonyl (C=O) groups excluding carboxylic acids is 1. The van der Waals surface area contributed by atoms with Crippen molar-refractivity contribution < 1.29 is 18.3 Å². The third kappa shape index (κ3) is 4.46. The fourth-order valence-corrected chi connectivity index (χ4v) is 5.93. The number of aryl methyl sites for hydroxylation is 1. The van der Waals surface area contributed by atoms with Crippen LogP contribution in [0.3, 0.4) is 0 Å². The van der Waals surface area contributed by atoms with E-state index in [4.69, 9.17) is 9.84 Å². The van der Waals surface area contributed by atoms with Crippen LogP contribution < -0.4 is 10.2 Å². The van der Waals surface area contributed by atoms with E-state index < -0.39 is 6.43 Å². The molecule has 1 fully saturated rings. The summed E-state index contributed by atoms with van der Waals surface area (Å²) in [5, 5.41) is 7.89. The molecule has 7 nitrogen and oxygen atoms in total. The van der Waals surface area contributed by atoms with Gasteiger partial charge in [-0.15, -0.1) is 0 Å². The quantitative estimate of drug-likeness (QED) is 0.590. The molecule has 1 unspecified atom stereocenters. The Bertz CT molecular complexity index is 1110. The summed E-state index contributed by atoms with van der Waals surface area (Å²) in [7, 11) is 1.64. The van der Waals surface area contributed by atoms with Crippen molar-refractivity contribution in [2.24, 2.45) is 0 Å². The van der Waals surface area contributed by atoms with Crippen molar-refractivity contribution in [1.29, 1.82) is 0 Å². The van der Waals surface area contributed by atoms with Gasteiger partial charge in [0, 0.05) is 62.3 Å². The van der Waals surface area contributed by atoms with Crippen LogP contribution in [0.25, 0.3) is 0 Å². The van der Waals surface area contributed by atoms with Gasteiger partial charge < -0.3 is 19.9 Å². The minimum Gasteiger partial charge on any atom is -0.381 e. The molecule has 0 radical (unpaired) electrons. The van der Waals surface area contributed by atoms with Crippen molar-refractivity contribution in [3.8, 4) is 0 Å². The van der Waals surface area contributed by atoms with Crippen molar-refractivity contribution in [2.45, 2.75) is 77.3 Å². The van der Waals surface area contributed by atoms with Gasteiger partial charge in [0.25, 0.3) is 6.43 Å². The molecule has 5 rings (SSSR count). The third-order valence-electron chi connectivity index (χ3n) is 8.14. The minimum atomic E-state index is -2.53. The molecule has 3 aliphatic rings. The number of fused-ring (bicyclic) bond motifs is 2. The standard InChI is InChI=1S/C27H37F2N5O2/c1-4-17(2)20-14-18-6-5-10-33(24(18)15-21(20)25(28)29)26-22-16-32(27(35)30-3)11-7-23(22)34(31-26)19-8-12-36-13-9-19/h14-15,17,19,25H,4-13,16H2,1-3H3,(H,30,35). The number of carbonyl (C=O) groups is 1. The number of alkyl halides is 2. The molecule has 0 bridgehead atoms. The van der Waals surface area contributed by atoms with Gasteiger partial charge >= 0.3 is 6.03 Å². The summed E-state index contributed by atoms with van der Waals surface area (Å²) in [6.07, 6.45) is 2.61. The van der Waals surface area contributed by atoms with Crippen LogP contribution in [-0.2, 0) is 24.1 Å². The first-order valence-corrected chi connectivity index (χ1v) is 13.3. The molecule has 196 valence electrons. The molecule has 3 aliphatic heterocycles. The molecule has 2 amide bonds. The number of nitrogens with zero attached hydrogens (tertiary/aromatic N) is 4. The van der Waals surface area contributed by atoms with E-state index in [2.05, 4.69) is 14.9 Å². The summed E-state index contributed by atoms with van der Waals surface area (Å²) in [5.41, 5.74) is 5.02. The molecule has 1 aromatic carbocycles. The molecule has 1 atom stereocenters. The number of nitrogens with one attached hydrogen (secondary N) is 1. The lowest BCUT2D eigenvalue weighted by atomic mass is 9.88. The van der Waals surface area contributed by atoms with Crippen LogP contribution >= 0.6 is 0 Å². The molecule has 0 spiro atoms. The maximum Gasteiger partial charge on any atom is 0.317 e. The van der Waals surface area contributed by atoms with Gasteiger partial charge in [-0.05, 0) is 55.2 Å². The second kappa shape index (κ2) is 10.4. The minimum absolute atomic E-state index is 0.0799. The average Bonchev–Trinajstić information content (AvgIpc) is 3.30. The lowest BCUT2D eigenvalue weighted by Crippen LogP contribution is -2.42. The highest BCUT2D eigenvalue weighted by molar-refractivity contribution is 5.75. The molecule has 4 heterocycles. The van der Waals surface area contributed by atoms with Crippen LogP contribution in [0.4, 0.5) is 25.1 Å². The van der Waals surface area contributed by atoms with Crippen LogP contribution in [0.1, 0.15) is 85.9 Å². The Hall–Kier alpha value is -2.68. The Labute approximate surface area is 211 Å². The predicted molar refractivity (Wildman–Crippen MR) is 135 cm³/mol. The van der Waals surface area contributed by atoms with E-state index in [0.29, 0.717) is 26.3 Å². The van der Waals surface area contributed by atoms with Crippen LogP contribution in [0, 0.1) is 0 Å². The lowest BCUT2D eigenvalue weighted by Gasteiger charge is -2.34. The molecule has 1 N–H and O–H groups in total. The number of urea groups is 1. The second-order valence-corrected chi connectivity index (χ2v) is 10.2. The Morgan fingerprint density at radius 2 is 1.97 bits per heavy atom. The van der Waals surface area contributed by atoms with Crippen LogP contribution in [0.15, 0.2) is 12.1 Å². The summed E-state index contributed by atoms with van der Waals surface area (Å²) >= 11 is 0. The zero-order valence-corrected chi connectivity index (χ0v) is 21.5. The summed E-state index contributed by atoms with van der Waals surface area (Å²) in [6.45, 7) is 7.29. The van der Waals surface area contributed by atoms with Crippen molar-refractivity contribution in [3.63, 3.8) is 0 Å². The SMILES string of the molecule is CCC(C)c1cc2c(cc1C(F)F)N(c1nn(C3CCOCC3)c3c1CN(C(=O)NC)CC3)CCC2. The number of amides is 2. The topological polar surface area (TPSA) is 62.6 Å². The number of aromatic nitrogens is 2. The normalized spacial score (nSPS) is 19.3. The number of rotatable bonds is 5. The largest absolute Gasteiger partial charge is 0.381 e. The average molecular weight is 502 g/mol. The smallest absolute Gasteiger partial charge is 0.317 e. The van der Waals surface area contributed by atoms with E-state index in [0.717, 1.165) is 79.0 Å². The van der Waals surface area contributed by atoms with Gasteiger partial charge in [-0.25, -0.2) is 13.6 Å². The van der Waals surface area contributed by atoms with Gasteiger partial charge in [0.1, 0.15) is 0 Å². The molecular weight excluding hydrogens is 464 g/mol. The second-order valence-electron chi connectivity index (χ2n) is 10.2. The molecule has 2 aromatic rings. The van der Waals surface area contributed by atoms with Crippen molar-refractivity contribution in [2.75, 3.05) is 38.3 Å². The van der Waals surface area contributed by atoms with E-state index in [1.807, 2.05) is 24.8 Å². The Morgan fingerprint density at radius 3 is 2.67 bits per heavy atom. The zero-order valence-electron chi connectivity index (χ0n) is 21.5. The third-order valence-corrected chi connectivity index (χ3v) is 8.14. The predicted octanol–water partition coefficient (Wildman–Crippen LogP) is 5.47. The Morgan fingerprint density at radius 1 is 1.19 bits per heavy atom. The first-order chi connectivity index (χ1) is 17.4. The molecule has 36 heavy (non-hydrogen) atoms. The molecule has 9 heteroatoms. The number of anilines is 2. The maximum atomic E-state index is 14.2. The fourth-order valence-electron chi connectivity index (χ4n) is 5.93. The van der Waals surface area contributed by atoms with Crippen LogP contribution in [-0.4, -0.2) is 54.1 Å². The maximum absolute atomic E-state index is 14.2. The Balaban J connectivity index is 1.61. The van der Waals surface area contributed by atoms with Gasteiger partial charge in [-0.3, -0.25) is 4.68 Å². The van der Waals surface area contributed by atoms with Crippen molar-refractivity contribution in [3.05, 3.63) is 40.1 Å². The monoisotopic (exact) mass is 501 g/mol. The molecule has 1 aromatic heterocycles. The highest BCUT2D eigenvalue weighted by Crippen LogP contribution is 2.43. The van der Waals surface area contributed by atoms with Gasteiger partial charge in [0.2, 0.25) is 0 Å². The number of hydrogen-bond acceptors (Lipinski definition) is 4. The molecule has 0 saturated carbocycles. The van der Waals surface area contributed by atoms with E-state index in [9.17, 15) is 13.6 Å². The van der Waals surface area contributed by atoms with Crippen LogP contribution in [0.2, 0.25) is 0 Å². The van der Waals surface area contributed by atoms with E-state index in [1.165, 1.54) is 0 Å². The molecule has 1 saturated heterocycles. The highest BCUT2D eigenvalue weighted by Gasteiger charge is 2.34. The summed E-state index contributed by atoms with van der Waals surface area (Å²) < 4.78 is 36.2. The lowest BCUT2D eigenvalue weighted by molar-refractivity contribution is 0.0651. The van der Waals surface area contributed by atoms with Crippen molar-refractivity contribution in [1.82, 2.24) is 20.0 Å². The van der Waals surface area contributed by atoms with Crippen molar-refractivity contribution >= 4 is 17.5 Å². The van der Waals surface area contributed by atoms with Crippen LogP contribution in [0.5, 0.6) is 0 Å². The number of ether oxygens (including phenoxy) is 1. The number of benzene rings is 1. The van der Waals surface area contributed by atoms with Gasteiger partial charge in [-0.1, -0.05) is 19.9 Å². The fraction of sp³-hybridized carbons (Fsp3) is 0.630. The van der Waals surface area contributed by atoms with Gasteiger partial charge in [-0.2, -0.15) is 5.10 Å². The first-order valence-electron chi connectivity index (χ1n) is 13.3. The number of halogens is 2. The molecular formula is C27H37F2N5O2. The van der Waals surface area contributed by atoms with E-state index in [1.54, 1.807) is 13.1 Å². The highest BCUT2D eigenvalue weighted by atomic mass is 19.3. The molecule has 0 aliphatic carbocycles. The Kier molecular flexibility index (Phi) is 7.19. The summed E-state index contributed by atoms with van der Waals surface area (Å²) in [4.78, 5) is 16.4. The van der Waals surface area contributed by atoms with Gasteiger partial charge in [0.05, 0.1) is 12.6 Å². The first kappa shape index (κ1) is 25.0. The van der Waals surface area contributed by atoms with Gasteiger partial charge in [0.15, 0.2) is 5.82 Å². The van der Waals surface area contributed by atoms with E-state index in [-0.39, 0.29) is 23.6 Å². The summed E-state index contributed by atoms with van der Waals surface area (Å²) in [6, 6.07) is 3.86. The number of hydrogen-bond donors (Lipinski definition) is 1. The van der Waals surface area contributed by atoms with E-state index >= 15 is 0 Å². The zero-order chi connectivity index (χ0) is 25.4.